The summed E-state index contributed by atoms with van der Waals surface area (Å²) < 4.78 is 0. The van der Waals surface area contributed by atoms with Gasteiger partial charge in [0.2, 0.25) is 59.1 Å². The summed E-state index contributed by atoms with van der Waals surface area (Å²) in [7, 11) is 0. The predicted octanol–water partition coefficient (Wildman–Crippen LogP) is -0.358. The number of benzene rings is 2. The molecule has 10 amide bonds. The Kier molecular flexibility index (Phi) is 24.8. The molecule has 0 radical (unpaired) electrons. The molecular formula is C58H85N13O12. The lowest BCUT2D eigenvalue weighted by Gasteiger charge is -2.32. The smallest absolute Gasteiger partial charge is 0.305 e. The lowest BCUT2D eigenvalue weighted by molar-refractivity contribution is -0.143. The highest BCUT2D eigenvalue weighted by molar-refractivity contribution is 6.00. The topological polar surface area (TPSA) is 375 Å². The second-order valence-corrected chi connectivity index (χ2v) is 22.9. The lowest BCUT2D eigenvalue weighted by Crippen LogP contribution is -2.62. The third-order valence-corrected chi connectivity index (χ3v) is 14.7. The number of nitrogens with one attached hydrogen (secondary N) is 8. The number of carboxylic acid groups (broad SMARTS) is 1. The molecule has 25 heteroatoms. The molecule has 0 spiro atoms. The number of hydrogen-bond acceptors (Lipinski definition) is 12. The van der Waals surface area contributed by atoms with Gasteiger partial charge in [-0.2, -0.15) is 0 Å². The normalized spacial score (nSPS) is 26.1. The first-order chi connectivity index (χ1) is 39.3. The zero-order chi connectivity index (χ0) is 61.1. The first kappa shape index (κ1) is 65.7. The molecule has 13 N–H and O–H groups in total. The minimum atomic E-state index is -1.76. The molecule has 0 saturated carbocycles. The van der Waals surface area contributed by atoms with Gasteiger partial charge >= 0.3 is 5.97 Å². The molecule has 0 unspecified atom stereocenters. The highest BCUT2D eigenvalue weighted by Gasteiger charge is 2.43. The number of fused-ring (bicyclic) bond motifs is 2. The Morgan fingerprint density at radius 3 is 1.39 bits per heavy atom. The van der Waals surface area contributed by atoms with Gasteiger partial charge in [-0.3, -0.25) is 57.7 Å². The Balaban J connectivity index is 1.58. The lowest BCUT2D eigenvalue weighted by atomic mass is 9.99. The van der Waals surface area contributed by atoms with Gasteiger partial charge in [0.15, 0.2) is 5.96 Å². The average molecular weight is 1160 g/mol. The fourth-order valence-electron chi connectivity index (χ4n) is 10.5. The van der Waals surface area contributed by atoms with Crippen molar-refractivity contribution in [2.75, 3.05) is 19.6 Å². The van der Waals surface area contributed by atoms with Crippen molar-refractivity contribution in [3.05, 3.63) is 71.8 Å². The van der Waals surface area contributed by atoms with Crippen molar-refractivity contribution in [2.45, 2.75) is 180 Å². The van der Waals surface area contributed by atoms with Gasteiger partial charge in [0.1, 0.15) is 60.4 Å². The van der Waals surface area contributed by atoms with Crippen molar-refractivity contribution in [2.24, 2.45) is 34.2 Å². The summed E-state index contributed by atoms with van der Waals surface area (Å²) in [5.74, 6) is -10.4. The van der Waals surface area contributed by atoms with Gasteiger partial charge in [0, 0.05) is 32.5 Å². The second-order valence-electron chi connectivity index (χ2n) is 22.9. The average Bonchev–Trinajstić information content (AvgIpc) is 4.38. The van der Waals surface area contributed by atoms with Gasteiger partial charge in [-0.25, -0.2) is 0 Å². The molecule has 3 saturated heterocycles. The summed E-state index contributed by atoms with van der Waals surface area (Å²) in [4.78, 5) is 163. The van der Waals surface area contributed by atoms with Gasteiger partial charge in [-0.15, -0.1) is 0 Å². The van der Waals surface area contributed by atoms with E-state index in [1.807, 2.05) is 13.8 Å². The maximum absolute atomic E-state index is 14.9. The van der Waals surface area contributed by atoms with Crippen molar-refractivity contribution in [3.8, 4) is 0 Å². The fourth-order valence-corrected chi connectivity index (χ4v) is 10.5. The Hall–Kier alpha value is -8.12. The number of carbonyl (C=O) groups excluding carboxylic acids is 10. The van der Waals surface area contributed by atoms with Crippen LogP contribution in [0.2, 0.25) is 0 Å². The van der Waals surface area contributed by atoms with Crippen LogP contribution in [0.1, 0.15) is 117 Å². The molecule has 3 heterocycles. The maximum atomic E-state index is 14.9. The van der Waals surface area contributed by atoms with Gasteiger partial charge < -0.3 is 68.9 Å². The summed E-state index contributed by atoms with van der Waals surface area (Å²) in [6, 6.07) is 4.35. The van der Waals surface area contributed by atoms with Crippen LogP contribution in [0, 0.1) is 17.8 Å². The molecule has 0 aromatic heterocycles. The van der Waals surface area contributed by atoms with E-state index in [1.165, 1.54) is 16.7 Å². The van der Waals surface area contributed by atoms with Crippen LogP contribution in [0.15, 0.2) is 65.7 Å². The van der Waals surface area contributed by atoms with E-state index in [1.54, 1.807) is 88.4 Å². The molecule has 5 rings (SSSR count). The van der Waals surface area contributed by atoms with Crippen molar-refractivity contribution in [1.82, 2.24) is 52.3 Å². The van der Waals surface area contributed by atoms with Gasteiger partial charge in [0.25, 0.3) is 0 Å². The molecule has 2 aromatic rings. The summed E-state index contributed by atoms with van der Waals surface area (Å²) in [5.41, 5.74) is 12.5. The molecule has 3 fully saturated rings. The Morgan fingerprint density at radius 2 is 0.952 bits per heavy atom. The van der Waals surface area contributed by atoms with Crippen molar-refractivity contribution >= 4 is 71.0 Å². The highest BCUT2D eigenvalue weighted by Crippen LogP contribution is 2.23. The van der Waals surface area contributed by atoms with Gasteiger partial charge in [-0.1, -0.05) is 102 Å². The molecule has 454 valence electrons. The molecule has 10 atom stereocenters. The Morgan fingerprint density at radius 1 is 0.542 bits per heavy atom. The van der Waals surface area contributed by atoms with Crippen LogP contribution in [0.5, 0.6) is 0 Å². The first-order valence-corrected chi connectivity index (χ1v) is 28.7. The number of aliphatic imine (C=N–C) groups is 1. The molecule has 3 aliphatic heterocycles. The number of aliphatic carboxylic acids is 1. The molecule has 0 aliphatic carbocycles. The second kappa shape index (κ2) is 31.4. The minimum Gasteiger partial charge on any atom is -0.481 e. The first-order valence-electron chi connectivity index (χ1n) is 28.7. The van der Waals surface area contributed by atoms with Crippen LogP contribution in [-0.4, -0.2) is 166 Å². The van der Waals surface area contributed by atoms with E-state index in [0.717, 1.165) is 0 Å². The van der Waals surface area contributed by atoms with Crippen molar-refractivity contribution in [3.63, 3.8) is 0 Å². The standard InChI is InChI=1S/C58H85N13O12/c1-32(2)27-39-50(76)67-42(29-36-17-10-8-11-18-36)56(82)70-25-15-22-44(70)53(79)62-35(7)48(74)64-41(31-46(72)73)52(78)66-40(28-33(3)4)51(77)68-43(30-37-19-12-9-13-20-37)57(83)71-26-16-23-45(71)54(80)69-47(34(5)6)55(81)63-38(49(75)65-39)21-14-24-61-58(59)60/h8-13,17-20,32-35,38-45,47H,14-16,21-31H2,1-7H3,(H,62,79)(H,63,81)(H,64,74)(H,65,75)(H,66,78)(H,67,76)(H,68,77)(H,69,80)(H,72,73)(H4,59,60,61)/t35-,38-,39-,40-,41-,42+,43+,44-,45-,47-/m0/s1. The number of hydrogen-bond donors (Lipinski definition) is 11. The van der Waals surface area contributed by atoms with Crippen LogP contribution >= 0.6 is 0 Å². The van der Waals surface area contributed by atoms with Crippen LogP contribution in [0.25, 0.3) is 0 Å². The predicted molar refractivity (Wildman–Crippen MR) is 307 cm³/mol. The third kappa shape index (κ3) is 19.8. The number of nitrogens with zero attached hydrogens (tertiary/aromatic N) is 3. The quantitative estimate of drug-likeness (QED) is 0.0617. The minimum absolute atomic E-state index is 0.00122. The molecule has 3 aliphatic rings. The number of nitrogens with two attached hydrogens (primary N) is 2. The van der Waals surface area contributed by atoms with Crippen LogP contribution < -0.4 is 54.0 Å². The summed E-state index contributed by atoms with van der Waals surface area (Å²) >= 11 is 0. The summed E-state index contributed by atoms with van der Waals surface area (Å²) in [6.45, 7) is 12.2. The van der Waals surface area contributed by atoms with Gasteiger partial charge in [-0.05, 0) is 87.2 Å². The van der Waals surface area contributed by atoms with Crippen molar-refractivity contribution in [1.29, 1.82) is 0 Å². The van der Waals surface area contributed by atoms with E-state index in [2.05, 4.69) is 47.5 Å². The molecule has 83 heavy (non-hydrogen) atoms. The van der Waals surface area contributed by atoms with E-state index in [9.17, 15) is 57.8 Å². The number of carbonyl (C=O) groups is 11. The van der Waals surface area contributed by atoms with E-state index in [0.29, 0.717) is 24.0 Å². The SMILES string of the molecule is CC(C)C[C@@H]1NC(=O)[C@H](CCCN=C(N)N)NC(=O)[C@H](C(C)C)NC(=O)[C@@H]2CCCN2C(=O)[C@@H](Cc2ccccc2)NC(=O)[C@H](CC(C)C)NC(=O)[C@H](CC(=O)O)NC(=O)[C@H](C)NC(=O)[C@@H]2CCCN2C(=O)[C@@H](Cc2ccccc2)NC1=O. The van der Waals surface area contributed by atoms with E-state index in [4.69, 9.17) is 11.5 Å². The molecule has 25 nitrogen and oxygen atoms in total. The summed E-state index contributed by atoms with van der Waals surface area (Å²) in [6.07, 6.45) is 0.334. The molecule has 0 bridgehead atoms. The highest BCUT2D eigenvalue weighted by atomic mass is 16.4. The van der Waals surface area contributed by atoms with Crippen LogP contribution in [-0.2, 0) is 65.6 Å². The van der Waals surface area contributed by atoms with Crippen LogP contribution in [0.4, 0.5) is 0 Å². The van der Waals surface area contributed by atoms with E-state index >= 15 is 0 Å². The third-order valence-electron chi connectivity index (χ3n) is 14.7. The summed E-state index contributed by atoms with van der Waals surface area (Å²) in [5, 5.41) is 31.5. The molecular weight excluding hydrogens is 1070 g/mol. The maximum Gasteiger partial charge on any atom is 0.305 e. The Bertz CT molecular complexity index is 2650. The van der Waals surface area contributed by atoms with Crippen LogP contribution in [0.3, 0.4) is 0 Å². The zero-order valence-corrected chi connectivity index (χ0v) is 48.6. The zero-order valence-electron chi connectivity index (χ0n) is 48.6. The van der Waals surface area contributed by atoms with E-state index < -0.39 is 138 Å². The Labute approximate surface area is 484 Å². The largest absolute Gasteiger partial charge is 0.481 e. The number of rotatable bonds is 15. The number of amides is 10. The van der Waals surface area contributed by atoms with Gasteiger partial charge in [0.05, 0.1) is 6.42 Å². The van der Waals surface area contributed by atoms with E-state index in [-0.39, 0.29) is 88.8 Å². The van der Waals surface area contributed by atoms with Crippen molar-refractivity contribution < 1.29 is 57.8 Å². The monoisotopic (exact) mass is 1160 g/mol. The number of carboxylic acids is 1. The fraction of sp³-hybridized carbons (Fsp3) is 0.586. The number of guanidine groups is 1. The molecule has 2 aromatic carbocycles.